The molecule has 0 aliphatic heterocycles. The van der Waals surface area contributed by atoms with Crippen molar-refractivity contribution in [2.24, 2.45) is 0 Å². The van der Waals surface area contributed by atoms with Crippen LogP contribution in [0, 0.1) is 3.57 Å². The van der Waals surface area contributed by atoms with Crippen molar-refractivity contribution >= 4 is 50.4 Å². The Kier molecular flexibility index (Phi) is 3.21. The summed E-state index contributed by atoms with van der Waals surface area (Å²) in [5, 5.41) is 1.11. The second-order valence-corrected chi connectivity index (χ2v) is 5.61. The van der Waals surface area contributed by atoms with Crippen LogP contribution in [-0.2, 0) is 4.74 Å². The molecule has 3 rings (SSSR count). The van der Waals surface area contributed by atoms with Gasteiger partial charge in [0.1, 0.15) is 0 Å². The summed E-state index contributed by atoms with van der Waals surface area (Å²) in [5.41, 5.74) is 1.50. The van der Waals surface area contributed by atoms with Crippen LogP contribution in [0.5, 0.6) is 0 Å². The lowest BCUT2D eigenvalue weighted by Gasteiger charge is -2.07. The zero-order valence-electron chi connectivity index (χ0n) is 10.6. The van der Waals surface area contributed by atoms with E-state index in [1.54, 1.807) is 18.2 Å². The topological polar surface area (TPSA) is 59.2 Å². The highest BCUT2D eigenvalue weighted by atomic mass is 127. The molecule has 5 heteroatoms. The first kappa shape index (κ1) is 13.1. The van der Waals surface area contributed by atoms with Gasteiger partial charge in [0, 0.05) is 19.9 Å². The Morgan fingerprint density at radius 2 is 2.00 bits per heavy atom. The molecule has 0 amide bonds. The second kappa shape index (κ2) is 4.90. The lowest BCUT2D eigenvalue weighted by molar-refractivity contribution is 0.0603. The van der Waals surface area contributed by atoms with Gasteiger partial charge in [0.25, 0.3) is 0 Å². The number of para-hydroxylation sites is 1. The largest absolute Gasteiger partial charge is 0.465 e. The first-order chi connectivity index (χ1) is 9.61. The Morgan fingerprint density at radius 3 is 2.75 bits per heavy atom. The molecule has 0 saturated carbocycles. The van der Waals surface area contributed by atoms with Gasteiger partial charge in [-0.2, -0.15) is 0 Å². The molecule has 0 spiro atoms. The van der Waals surface area contributed by atoms with Gasteiger partial charge in [-0.25, -0.2) is 4.79 Å². The summed E-state index contributed by atoms with van der Waals surface area (Å²) in [6, 6.07) is 10.6. The summed E-state index contributed by atoms with van der Waals surface area (Å²) in [6.07, 6.45) is 0. The number of rotatable bonds is 1. The third-order valence-electron chi connectivity index (χ3n) is 3.20. The highest BCUT2D eigenvalue weighted by Crippen LogP contribution is 2.20. The Balaban J connectivity index is 2.50. The molecule has 0 bridgehead atoms. The zero-order chi connectivity index (χ0) is 14.3. The smallest absolute Gasteiger partial charge is 0.339 e. The van der Waals surface area contributed by atoms with E-state index in [4.69, 9.17) is 4.74 Å². The number of ether oxygens (including phenoxy) is 1. The van der Waals surface area contributed by atoms with Crippen LogP contribution in [0.15, 0.2) is 41.2 Å². The summed E-state index contributed by atoms with van der Waals surface area (Å²) in [4.78, 5) is 27.5. The van der Waals surface area contributed by atoms with Crippen LogP contribution < -0.4 is 5.43 Å². The average Bonchev–Trinajstić information content (AvgIpc) is 2.47. The van der Waals surface area contributed by atoms with Gasteiger partial charge in [-0.05, 0) is 52.9 Å². The maximum atomic E-state index is 12.5. The number of carbonyl (C=O) groups is 1. The third kappa shape index (κ3) is 1.98. The molecular formula is C15H10INO3. The molecule has 0 aliphatic rings. The number of esters is 1. The van der Waals surface area contributed by atoms with E-state index in [0.29, 0.717) is 27.4 Å². The fraction of sp³-hybridized carbons (Fsp3) is 0.0667. The number of hydrogen-bond acceptors (Lipinski definition) is 3. The molecule has 4 nitrogen and oxygen atoms in total. The molecule has 0 saturated heterocycles. The summed E-state index contributed by atoms with van der Waals surface area (Å²) in [5.74, 6) is -0.462. The van der Waals surface area contributed by atoms with Crippen molar-refractivity contribution in [3.63, 3.8) is 0 Å². The number of aromatic amines is 1. The average molecular weight is 379 g/mol. The molecule has 1 heterocycles. The van der Waals surface area contributed by atoms with Crippen molar-refractivity contribution in [1.82, 2.24) is 4.98 Å². The normalized spacial score (nSPS) is 10.9. The summed E-state index contributed by atoms with van der Waals surface area (Å²) in [6.45, 7) is 0. The van der Waals surface area contributed by atoms with Crippen LogP contribution >= 0.6 is 22.6 Å². The molecule has 100 valence electrons. The van der Waals surface area contributed by atoms with Gasteiger partial charge in [-0.1, -0.05) is 6.07 Å². The number of H-pyrrole nitrogens is 1. The summed E-state index contributed by atoms with van der Waals surface area (Å²) >= 11 is 2.16. The minimum atomic E-state index is -0.462. The van der Waals surface area contributed by atoms with Crippen LogP contribution in [0.25, 0.3) is 21.8 Å². The van der Waals surface area contributed by atoms with E-state index in [2.05, 4.69) is 27.6 Å². The molecule has 0 radical (unpaired) electrons. The zero-order valence-corrected chi connectivity index (χ0v) is 12.7. The van der Waals surface area contributed by atoms with E-state index in [1.807, 2.05) is 18.2 Å². The van der Waals surface area contributed by atoms with E-state index in [1.165, 1.54) is 7.11 Å². The first-order valence-electron chi connectivity index (χ1n) is 5.94. The van der Waals surface area contributed by atoms with Crippen molar-refractivity contribution < 1.29 is 9.53 Å². The third-order valence-corrected chi connectivity index (χ3v) is 3.87. The minimum absolute atomic E-state index is 0.0852. The number of methoxy groups -OCH3 is 1. The molecule has 2 aromatic carbocycles. The molecule has 1 aromatic heterocycles. The number of hydrogen-bond donors (Lipinski definition) is 1. The molecule has 0 atom stereocenters. The van der Waals surface area contributed by atoms with Gasteiger partial charge >= 0.3 is 5.97 Å². The molecule has 1 N–H and O–H groups in total. The van der Waals surface area contributed by atoms with Gasteiger partial charge in [0.15, 0.2) is 5.43 Å². The Hall–Kier alpha value is -1.89. The predicted molar refractivity (Wildman–Crippen MR) is 86.1 cm³/mol. The van der Waals surface area contributed by atoms with Crippen molar-refractivity contribution in [1.29, 1.82) is 0 Å². The fourth-order valence-corrected chi connectivity index (χ4v) is 2.74. The lowest BCUT2D eigenvalue weighted by atomic mass is 10.1. The van der Waals surface area contributed by atoms with Crippen LogP contribution in [0.1, 0.15) is 10.4 Å². The summed E-state index contributed by atoms with van der Waals surface area (Å²) < 4.78 is 5.74. The molecule has 0 fully saturated rings. The number of nitrogens with one attached hydrogen (secondary N) is 1. The molecule has 20 heavy (non-hydrogen) atoms. The monoisotopic (exact) mass is 379 g/mol. The van der Waals surface area contributed by atoms with Crippen molar-refractivity contribution in [3.05, 3.63) is 55.8 Å². The van der Waals surface area contributed by atoms with Crippen molar-refractivity contribution in [3.8, 4) is 0 Å². The van der Waals surface area contributed by atoms with E-state index in [9.17, 15) is 9.59 Å². The Morgan fingerprint density at radius 1 is 1.20 bits per heavy atom. The molecule has 0 unspecified atom stereocenters. The van der Waals surface area contributed by atoms with E-state index < -0.39 is 5.97 Å². The number of aromatic nitrogens is 1. The highest BCUT2D eigenvalue weighted by Gasteiger charge is 2.14. The van der Waals surface area contributed by atoms with Crippen LogP contribution in [0.3, 0.4) is 0 Å². The Labute approximate surface area is 127 Å². The van der Waals surface area contributed by atoms with E-state index >= 15 is 0 Å². The van der Waals surface area contributed by atoms with Crippen LogP contribution in [-0.4, -0.2) is 18.1 Å². The lowest BCUT2D eigenvalue weighted by Crippen LogP contribution is -2.09. The second-order valence-electron chi connectivity index (χ2n) is 4.36. The van der Waals surface area contributed by atoms with Gasteiger partial charge in [0.05, 0.1) is 18.2 Å². The van der Waals surface area contributed by atoms with Gasteiger partial charge in [0.2, 0.25) is 0 Å². The SMILES string of the molecule is COC(=O)c1cccc2c(=O)c3cc(I)ccc3[nH]c12. The quantitative estimate of drug-likeness (QED) is 0.402. The number of carbonyl (C=O) groups excluding carboxylic acids is 1. The van der Waals surface area contributed by atoms with Crippen LogP contribution in [0.4, 0.5) is 0 Å². The van der Waals surface area contributed by atoms with Crippen molar-refractivity contribution in [2.45, 2.75) is 0 Å². The molecule has 0 aliphatic carbocycles. The van der Waals surface area contributed by atoms with Gasteiger partial charge in [-0.3, -0.25) is 4.79 Å². The number of halogens is 1. The maximum absolute atomic E-state index is 12.5. The van der Waals surface area contributed by atoms with Gasteiger partial charge in [-0.15, -0.1) is 0 Å². The first-order valence-corrected chi connectivity index (χ1v) is 7.02. The van der Waals surface area contributed by atoms with Gasteiger partial charge < -0.3 is 9.72 Å². The van der Waals surface area contributed by atoms with E-state index in [-0.39, 0.29) is 5.43 Å². The number of pyridine rings is 1. The maximum Gasteiger partial charge on any atom is 0.339 e. The number of benzene rings is 2. The molecule has 3 aromatic rings. The predicted octanol–water partition coefficient (Wildman–Crippen LogP) is 3.07. The number of fused-ring (bicyclic) bond motifs is 2. The highest BCUT2D eigenvalue weighted by molar-refractivity contribution is 14.1. The van der Waals surface area contributed by atoms with Crippen molar-refractivity contribution in [2.75, 3.05) is 7.11 Å². The standard InChI is InChI=1S/C15H10INO3/c1-20-15(19)10-4-2-3-9-13(10)17-12-6-5-8(16)7-11(12)14(9)18/h2-7H,1H3,(H,17,18). The summed E-state index contributed by atoms with van der Waals surface area (Å²) in [7, 11) is 1.32. The Bertz CT molecular complexity index is 899. The molecular weight excluding hydrogens is 369 g/mol. The van der Waals surface area contributed by atoms with Crippen LogP contribution in [0.2, 0.25) is 0 Å². The van der Waals surface area contributed by atoms with E-state index in [0.717, 1.165) is 3.57 Å². The minimum Gasteiger partial charge on any atom is -0.465 e. The fourth-order valence-electron chi connectivity index (χ4n) is 2.25.